The largest absolute Gasteiger partial charge is 0.369 e. The molecule has 0 aliphatic heterocycles. The summed E-state index contributed by atoms with van der Waals surface area (Å²) >= 11 is 7.65. The first-order chi connectivity index (χ1) is 10.1. The summed E-state index contributed by atoms with van der Waals surface area (Å²) in [5.41, 5.74) is 3.99. The van der Waals surface area contributed by atoms with Gasteiger partial charge in [0.15, 0.2) is 0 Å². The maximum atomic E-state index is 6.00. The van der Waals surface area contributed by atoms with E-state index in [-0.39, 0.29) is 0 Å². The molecule has 0 unspecified atom stereocenters. The normalized spacial score (nSPS) is 14.4. The lowest BCUT2D eigenvalue weighted by Crippen LogP contribution is -2.18. The monoisotopic (exact) mass is 320 g/mol. The molecule has 0 radical (unpaired) electrons. The Morgan fingerprint density at radius 3 is 2.71 bits per heavy atom. The number of hydrogen-bond acceptors (Lipinski definition) is 3. The first-order valence-electron chi connectivity index (χ1n) is 7.40. The Balaban J connectivity index is 1.65. The minimum atomic E-state index is 0.760. The Morgan fingerprint density at radius 1 is 1.29 bits per heavy atom. The zero-order chi connectivity index (χ0) is 14.8. The predicted octanol–water partition coefficient (Wildman–Crippen LogP) is 4.60. The van der Waals surface area contributed by atoms with Crippen LogP contribution in [-0.4, -0.2) is 13.1 Å². The number of anilines is 1. The predicted molar refractivity (Wildman–Crippen MR) is 92.5 cm³/mol. The average molecular weight is 321 g/mol. The quantitative estimate of drug-likeness (QED) is 0.837. The lowest BCUT2D eigenvalue weighted by atomic mass is 10.1. The highest BCUT2D eigenvalue weighted by molar-refractivity contribution is 7.16. The molecule has 1 aliphatic rings. The van der Waals surface area contributed by atoms with Crippen LogP contribution in [0.15, 0.2) is 30.3 Å². The van der Waals surface area contributed by atoms with E-state index in [9.17, 15) is 0 Å². The number of halogens is 1. The Bertz CT molecular complexity index is 619. The number of nitrogens with one attached hydrogen (secondary N) is 1. The second-order valence-electron chi connectivity index (χ2n) is 5.84. The summed E-state index contributed by atoms with van der Waals surface area (Å²) in [5.74, 6) is 0. The molecule has 112 valence electrons. The van der Waals surface area contributed by atoms with Crippen molar-refractivity contribution in [3.05, 3.63) is 50.7 Å². The van der Waals surface area contributed by atoms with Crippen LogP contribution in [0.3, 0.4) is 0 Å². The zero-order valence-corrected chi connectivity index (χ0v) is 14.1. The molecular weight excluding hydrogens is 300 g/mol. The van der Waals surface area contributed by atoms with Gasteiger partial charge in [-0.15, -0.1) is 11.3 Å². The zero-order valence-electron chi connectivity index (χ0n) is 12.5. The van der Waals surface area contributed by atoms with E-state index in [1.54, 1.807) is 11.3 Å². The highest BCUT2D eigenvalue weighted by Gasteiger charge is 2.20. The number of nitrogens with zero attached hydrogens (tertiary/aromatic N) is 1. The van der Waals surface area contributed by atoms with Gasteiger partial charge in [0.25, 0.3) is 0 Å². The van der Waals surface area contributed by atoms with Crippen molar-refractivity contribution in [1.29, 1.82) is 0 Å². The van der Waals surface area contributed by atoms with E-state index in [1.165, 1.54) is 34.5 Å². The van der Waals surface area contributed by atoms with Gasteiger partial charge in [0.05, 0.1) is 10.9 Å². The molecule has 1 N–H and O–H groups in total. The molecular formula is C17H21ClN2S. The fourth-order valence-electron chi connectivity index (χ4n) is 2.56. The van der Waals surface area contributed by atoms with Crippen LogP contribution in [0, 0.1) is 6.92 Å². The third kappa shape index (κ3) is 4.00. The van der Waals surface area contributed by atoms with Crippen molar-refractivity contribution in [2.45, 2.75) is 38.9 Å². The summed E-state index contributed by atoms with van der Waals surface area (Å²) in [7, 11) is 2.14. The van der Waals surface area contributed by atoms with Gasteiger partial charge < -0.3 is 10.2 Å². The molecule has 0 saturated heterocycles. The van der Waals surface area contributed by atoms with Gasteiger partial charge >= 0.3 is 0 Å². The Morgan fingerprint density at radius 2 is 2.10 bits per heavy atom. The number of aryl methyl sites for hydroxylation is 1. The highest BCUT2D eigenvalue weighted by atomic mass is 35.5. The van der Waals surface area contributed by atoms with E-state index < -0.39 is 0 Å². The maximum absolute atomic E-state index is 6.00. The standard InChI is InChI=1S/C17H21ClN2S/c1-12-9-13(10-19-14-4-5-14)3-7-16(12)20(2)11-15-6-8-17(18)21-15/h3,6-9,14,19H,4-5,10-11H2,1-2H3. The third-order valence-electron chi connectivity index (χ3n) is 3.87. The first-order valence-corrected chi connectivity index (χ1v) is 8.59. The number of thiophene rings is 1. The highest BCUT2D eigenvalue weighted by Crippen LogP contribution is 2.27. The molecule has 21 heavy (non-hydrogen) atoms. The number of rotatable bonds is 6. The van der Waals surface area contributed by atoms with Crippen molar-refractivity contribution in [2.24, 2.45) is 0 Å². The smallest absolute Gasteiger partial charge is 0.0931 e. The summed E-state index contributed by atoms with van der Waals surface area (Å²) in [6.45, 7) is 4.07. The molecule has 1 fully saturated rings. The number of hydrogen-bond donors (Lipinski definition) is 1. The van der Waals surface area contributed by atoms with E-state index in [0.29, 0.717) is 0 Å². The SMILES string of the molecule is Cc1cc(CNC2CC2)ccc1N(C)Cc1ccc(Cl)s1. The minimum Gasteiger partial charge on any atom is -0.369 e. The van der Waals surface area contributed by atoms with Crippen LogP contribution in [0.4, 0.5) is 5.69 Å². The summed E-state index contributed by atoms with van der Waals surface area (Å²) < 4.78 is 0.858. The summed E-state index contributed by atoms with van der Waals surface area (Å²) in [5, 5.41) is 3.56. The Hall–Kier alpha value is -1.03. The van der Waals surface area contributed by atoms with E-state index in [1.807, 2.05) is 6.07 Å². The van der Waals surface area contributed by atoms with E-state index >= 15 is 0 Å². The van der Waals surface area contributed by atoms with Gasteiger partial charge in [-0.1, -0.05) is 23.7 Å². The van der Waals surface area contributed by atoms with E-state index in [2.05, 4.69) is 48.5 Å². The molecule has 0 spiro atoms. The summed E-state index contributed by atoms with van der Waals surface area (Å²) in [4.78, 5) is 3.58. The van der Waals surface area contributed by atoms with Gasteiger partial charge in [-0.25, -0.2) is 0 Å². The fraction of sp³-hybridized carbons (Fsp3) is 0.412. The van der Waals surface area contributed by atoms with Gasteiger partial charge in [-0.2, -0.15) is 0 Å². The lowest BCUT2D eigenvalue weighted by Gasteiger charge is -2.21. The molecule has 0 bridgehead atoms. The van der Waals surface area contributed by atoms with Crippen LogP contribution in [-0.2, 0) is 13.1 Å². The van der Waals surface area contributed by atoms with Crippen LogP contribution in [0.1, 0.15) is 28.8 Å². The lowest BCUT2D eigenvalue weighted by molar-refractivity contribution is 0.687. The van der Waals surface area contributed by atoms with Crippen molar-refractivity contribution >= 4 is 28.6 Å². The molecule has 1 heterocycles. The van der Waals surface area contributed by atoms with Crippen LogP contribution < -0.4 is 10.2 Å². The molecule has 0 atom stereocenters. The second-order valence-corrected chi connectivity index (χ2v) is 7.64. The first kappa shape index (κ1) is 14.9. The topological polar surface area (TPSA) is 15.3 Å². The molecule has 1 aromatic heterocycles. The van der Waals surface area contributed by atoms with Crippen LogP contribution in [0.2, 0.25) is 4.34 Å². The van der Waals surface area contributed by atoms with Crippen molar-refractivity contribution in [3.8, 4) is 0 Å². The van der Waals surface area contributed by atoms with Gasteiger partial charge in [-0.05, 0) is 49.1 Å². The molecule has 2 aromatic rings. The van der Waals surface area contributed by atoms with Gasteiger partial charge in [0.1, 0.15) is 0 Å². The van der Waals surface area contributed by atoms with Crippen molar-refractivity contribution in [3.63, 3.8) is 0 Å². The Kier molecular flexibility index (Phi) is 4.53. The molecule has 1 saturated carbocycles. The molecule has 4 heteroatoms. The van der Waals surface area contributed by atoms with Gasteiger partial charge in [-0.3, -0.25) is 0 Å². The molecule has 1 aromatic carbocycles. The maximum Gasteiger partial charge on any atom is 0.0931 e. The van der Waals surface area contributed by atoms with Crippen LogP contribution in [0.25, 0.3) is 0 Å². The molecule has 1 aliphatic carbocycles. The van der Waals surface area contributed by atoms with Crippen molar-refractivity contribution in [2.75, 3.05) is 11.9 Å². The van der Waals surface area contributed by atoms with Crippen LogP contribution >= 0.6 is 22.9 Å². The van der Waals surface area contributed by atoms with E-state index in [0.717, 1.165) is 23.5 Å². The molecule has 3 rings (SSSR count). The van der Waals surface area contributed by atoms with Crippen LogP contribution in [0.5, 0.6) is 0 Å². The van der Waals surface area contributed by atoms with Crippen molar-refractivity contribution in [1.82, 2.24) is 5.32 Å². The fourth-order valence-corrected chi connectivity index (χ4v) is 3.70. The average Bonchev–Trinajstić information content (AvgIpc) is 3.19. The minimum absolute atomic E-state index is 0.760. The second kappa shape index (κ2) is 6.39. The number of benzene rings is 1. The summed E-state index contributed by atoms with van der Waals surface area (Å²) in [6.07, 6.45) is 2.67. The van der Waals surface area contributed by atoms with Gasteiger partial charge in [0, 0.05) is 30.2 Å². The summed E-state index contributed by atoms with van der Waals surface area (Å²) in [6, 6.07) is 11.6. The third-order valence-corrected chi connectivity index (χ3v) is 5.08. The van der Waals surface area contributed by atoms with Gasteiger partial charge in [0.2, 0.25) is 0 Å². The van der Waals surface area contributed by atoms with E-state index in [4.69, 9.17) is 11.6 Å². The molecule has 2 nitrogen and oxygen atoms in total. The van der Waals surface area contributed by atoms with Crippen molar-refractivity contribution < 1.29 is 0 Å². The Labute approximate surface area is 135 Å². The molecule has 0 amide bonds.